The zero-order chi connectivity index (χ0) is 23.0. The van der Waals surface area contributed by atoms with Crippen LogP contribution >= 0.6 is 67.9 Å². The van der Waals surface area contributed by atoms with Crippen molar-refractivity contribution >= 4 is 93.5 Å². The first kappa shape index (κ1) is 31.2. The minimum Gasteiger partial charge on any atom is -1.00 e. The Kier molecular flexibility index (Phi) is 12.6. The van der Waals surface area contributed by atoms with Crippen LogP contribution in [0.2, 0.25) is 13.1 Å². The molecule has 0 N–H and O–H groups in total. The van der Waals surface area contributed by atoms with E-state index in [4.69, 9.17) is 0 Å². The zero-order valence-electron chi connectivity index (χ0n) is 19.2. The second kappa shape index (κ2) is 13.7. The Morgan fingerprint density at radius 1 is 0.765 bits per heavy atom. The topological polar surface area (TPSA) is 0 Å². The van der Waals surface area contributed by atoms with Crippen molar-refractivity contribution in [3.63, 3.8) is 0 Å². The van der Waals surface area contributed by atoms with Gasteiger partial charge in [0.1, 0.15) is 0 Å². The van der Waals surface area contributed by atoms with Crippen molar-refractivity contribution in [2.75, 3.05) is 0 Å². The molecule has 2 aliphatic carbocycles. The Balaban J connectivity index is 0.000000198. The third-order valence-corrected chi connectivity index (χ3v) is 9.09. The van der Waals surface area contributed by atoms with Crippen molar-refractivity contribution in [3.05, 3.63) is 87.7 Å². The molecule has 0 saturated heterocycles. The zero-order valence-corrected chi connectivity index (χ0v) is 30.1. The SMILES string of the molecule is CC1=[C-]c2sc3cccc(I)c3c2C1.CC1=[C-]c2sc3cccc(I)c3c2C1.C[Si](C)=[Zr+2].[Cl-].[Cl-]. The molecule has 4 aromatic rings. The van der Waals surface area contributed by atoms with Crippen LogP contribution in [0.25, 0.3) is 20.2 Å². The Morgan fingerprint density at radius 2 is 1.12 bits per heavy atom. The Labute approximate surface area is 265 Å². The van der Waals surface area contributed by atoms with Crippen molar-refractivity contribution in [2.24, 2.45) is 0 Å². The van der Waals surface area contributed by atoms with Gasteiger partial charge in [0, 0.05) is 16.5 Å². The molecule has 0 amide bonds. The van der Waals surface area contributed by atoms with Gasteiger partial charge >= 0.3 is 41.9 Å². The molecule has 8 heteroatoms. The van der Waals surface area contributed by atoms with E-state index in [0.717, 1.165) is 12.8 Å². The predicted octanol–water partition coefficient (Wildman–Crippen LogP) is 3.11. The average molecular weight is 843 g/mol. The maximum absolute atomic E-state index is 3.45. The third-order valence-electron chi connectivity index (χ3n) is 5.06. The van der Waals surface area contributed by atoms with Crippen LogP contribution in [0.4, 0.5) is 0 Å². The summed E-state index contributed by atoms with van der Waals surface area (Å²) in [5, 5.41) is 2.91. The molecule has 2 aromatic heterocycles. The molecule has 0 radical (unpaired) electrons. The fourth-order valence-electron chi connectivity index (χ4n) is 3.88. The summed E-state index contributed by atoms with van der Waals surface area (Å²) in [6.45, 7) is 8.94. The summed E-state index contributed by atoms with van der Waals surface area (Å²) in [5.41, 5.74) is 5.93. The molecular weight excluding hydrogens is 820 g/mol. The number of hydrogen-bond acceptors (Lipinski definition) is 2. The molecular formula is C26H22Cl2I2S2SiZr-2. The number of hydrogen-bond donors (Lipinski definition) is 0. The van der Waals surface area contributed by atoms with E-state index in [9.17, 15) is 0 Å². The van der Waals surface area contributed by atoms with Gasteiger partial charge in [0.15, 0.2) is 0 Å². The third kappa shape index (κ3) is 7.09. The molecule has 0 saturated carbocycles. The van der Waals surface area contributed by atoms with E-state index >= 15 is 0 Å². The molecule has 6 rings (SSSR count). The van der Waals surface area contributed by atoms with Crippen molar-refractivity contribution in [1.82, 2.24) is 0 Å². The van der Waals surface area contributed by atoms with Gasteiger partial charge in [-0.3, -0.25) is 0 Å². The first-order valence-corrected chi connectivity index (χ1v) is 20.3. The van der Waals surface area contributed by atoms with E-state index in [1.54, 1.807) is 23.3 Å². The fourth-order valence-corrected chi connectivity index (χ4v) is 8.34. The van der Waals surface area contributed by atoms with Crippen LogP contribution in [0.3, 0.4) is 0 Å². The minimum absolute atomic E-state index is 0. The molecule has 2 aliphatic rings. The van der Waals surface area contributed by atoms with Gasteiger partial charge in [-0.05, 0) is 69.4 Å². The predicted molar refractivity (Wildman–Crippen MR) is 157 cm³/mol. The second-order valence-electron chi connectivity index (χ2n) is 8.21. The van der Waals surface area contributed by atoms with E-state index in [1.165, 1.54) is 59.3 Å². The van der Waals surface area contributed by atoms with E-state index in [0.29, 0.717) is 0 Å². The van der Waals surface area contributed by atoms with E-state index in [-0.39, 0.29) is 30.2 Å². The van der Waals surface area contributed by atoms with Crippen LogP contribution in [-0.2, 0) is 36.2 Å². The molecule has 176 valence electrons. The summed E-state index contributed by atoms with van der Waals surface area (Å²) in [6, 6.07) is 13.0. The molecule has 0 bridgehead atoms. The van der Waals surface area contributed by atoms with Gasteiger partial charge in [-0.15, -0.1) is 9.75 Å². The molecule has 0 atom stereocenters. The van der Waals surface area contributed by atoms with Gasteiger partial charge in [0.25, 0.3) is 0 Å². The molecule has 2 aromatic carbocycles. The van der Waals surface area contributed by atoms with Crippen molar-refractivity contribution in [1.29, 1.82) is 0 Å². The quantitative estimate of drug-likeness (QED) is 0.145. The average Bonchev–Trinajstić information content (AvgIpc) is 3.40. The number of halogens is 4. The smallest absolute Gasteiger partial charge is 1.00 e. The van der Waals surface area contributed by atoms with Crippen LogP contribution in [0.1, 0.15) is 34.7 Å². The Bertz CT molecular complexity index is 1310. The molecule has 2 heterocycles. The summed E-state index contributed by atoms with van der Waals surface area (Å²) in [6.07, 6.45) is 9.08. The Hall–Kier alpha value is 0.980. The Morgan fingerprint density at radius 3 is 1.47 bits per heavy atom. The fraction of sp³-hybridized carbons (Fsp3) is 0.231. The molecule has 0 spiro atoms. The maximum atomic E-state index is 3.45. The standard InChI is InChI=1S/2C12H8IS.C2H6Si.2ClH.Zr/c2*1-7-5-8-11(6-7)14-10-4-2-3-9(13)12(8)10;1-3-2;;;/h2*2-4H,5H2,1H3;1-2H3;2*1H;/q2*-1;;;;+2/p-2. The molecule has 0 nitrogen and oxygen atoms in total. The van der Waals surface area contributed by atoms with Crippen molar-refractivity contribution < 1.29 is 48.1 Å². The first-order valence-electron chi connectivity index (χ1n) is 10.3. The van der Waals surface area contributed by atoms with Gasteiger partial charge in [0.2, 0.25) is 0 Å². The normalized spacial score (nSPS) is 12.8. The molecule has 0 unspecified atom stereocenters. The minimum atomic E-state index is 0. The summed E-state index contributed by atoms with van der Waals surface area (Å²) < 4.78 is 5.55. The molecule has 34 heavy (non-hydrogen) atoms. The first-order chi connectivity index (χ1) is 15.2. The second-order valence-corrected chi connectivity index (χ2v) is 22.0. The monoisotopic (exact) mass is 840 g/mol. The number of allylic oxidation sites excluding steroid dienone is 2. The van der Waals surface area contributed by atoms with Gasteiger partial charge in [-0.25, -0.2) is 12.2 Å². The summed E-state index contributed by atoms with van der Waals surface area (Å²) in [7, 11) is 0. The summed E-state index contributed by atoms with van der Waals surface area (Å²) >= 11 is 10.3. The van der Waals surface area contributed by atoms with Crippen LogP contribution < -0.4 is 24.8 Å². The van der Waals surface area contributed by atoms with Gasteiger partial charge in [-0.2, -0.15) is 44.9 Å². The molecule has 0 fully saturated rings. The van der Waals surface area contributed by atoms with Crippen molar-refractivity contribution in [3.8, 4) is 0 Å². The summed E-state index contributed by atoms with van der Waals surface area (Å²) in [5.74, 6) is 0. The largest absolute Gasteiger partial charge is 1.00 e. The number of thiophene rings is 2. The van der Waals surface area contributed by atoms with Crippen LogP contribution in [0.5, 0.6) is 0 Å². The van der Waals surface area contributed by atoms with E-state index < -0.39 is 0 Å². The van der Waals surface area contributed by atoms with E-state index in [2.05, 4.69) is 121 Å². The number of benzene rings is 2. The summed E-state index contributed by atoms with van der Waals surface area (Å²) in [4.78, 5) is 2.70. The van der Waals surface area contributed by atoms with Crippen LogP contribution in [-0.4, -0.2) is 5.43 Å². The van der Waals surface area contributed by atoms with Gasteiger partial charge in [-0.1, -0.05) is 49.6 Å². The van der Waals surface area contributed by atoms with Gasteiger partial charge < -0.3 is 24.8 Å². The van der Waals surface area contributed by atoms with Gasteiger partial charge in [0.05, 0.1) is 0 Å². The van der Waals surface area contributed by atoms with E-state index in [1.807, 2.05) is 22.7 Å². The molecule has 0 aliphatic heterocycles. The number of fused-ring (bicyclic) bond motifs is 6. The maximum Gasteiger partial charge on any atom is -1.00 e. The van der Waals surface area contributed by atoms with Crippen molar-refractivity contribution in [2.45, 2.75) is 39.8 Å². The number of rotatable bonds is 0. The van der Waals surface area contributed by atoms with Crippen LogP contribution in [0.15, 0.2) is 47.5 Å². The van der Waals surface area contributed by atoms with Crippen LogP contribution in [0, 0.1) is 19.3 Å².